The first-order valence-electron chi connectivity index (χ1n) is 6.59. The van der Waals surface area contributed by atoms with E-state index in [1.54, 1.807) is 0 Å². The van der Waals surface area contributed by atoms with Gasteiger partial charge in [0.2, 0.25) is 0 Å². The van der Waals surface area contributed by atoms with E-state index in [1.165, 1.54) is 7.11 Å². The minimum Gasteiger partial charge on any atom is -0.469 e. The number of carbonyl (C=O) groups excluding carboxylic acids is 2. The van der Waals surface area contributed by atoms with E-state index in [4.69, 9.17) is 4.74 Å². The summed E-state index contributed by atoms with van der Waals surface area (Å²) in [6, 6.07) is 0. The molecule has 1 spiro atoms. The molecule has 2 bridgehead atoms. The Labute approximate surface area is 102 Å². The van der Waals surface area contributed by atoms with Gasteiger partial charge in [-0.1, -0.05) is 6.92 Å². The van der Waals surface area contributed by atoms with Crippen LogP contribution in [0.5, 0.6) is 0 Å². The van der Waals surface area contributed by atoms with Crippen molar-refractivity contribution in [3.63, 3.8) is 0 Å². The zero-order chi connectivity index (χ0) is 12.4. The topological polar surface area (TPSA) is 43.4 Å². The number of Topliss-reactive ketones (excluding diaryl/α,β-unsaturated/α-hetero) is 1. The van der Waals surface area contributed by atoms with Crippen LogP contribution in [0.2, 0.25) is 0 Å². The quantitative estimate of drug-likeness (QED) is 0.655. The third-order valence-corrected chi connectivity index (χ3v) is 6.12. The number of methoxy groups -OCH3 is 1. The largest absolute Gasteiger partial charge is 0.469 e. The molecule has 0 radical (unpaired) electrons. The highest BCUT2D eigenvalue weighted by atomic mass is 16.5. The van der Waals surface area contributed by atoms with Crippen molar-refractivity contribution >= 4 is 11.8 Å². The lowest BCUT2D eigenvalue weighted by atomic mass is 9.62. The third kappa shape index (κ3) is 1.000. The Morgan fingerprint density at radius 3 is 2.76 bits per heavy atom. The molecule has 3 nitrogen and oxygen atoms in total. The molecule has 17 heavy (non-hydrogen) atoms. The van der Waals surface area contributed by atoms with Crippen molar-refractivity contribution in [2.75, 3.05) is 7.11 Å². The van der Waals surface area contributed by atoms with Gasteiger partial charge in [0.25, 0.3) is 0 Å². The van der Waals surface area contributed by atoms with Gasteiger partial charge in [-0.25, -0.2) is 0 Å². The maximum absolute atomic E-state index is 12.3. The molecule has 3 fully saturated rings. The molecule has 0 aromatic carbocycles. The number of ether oxygens (including phenoxy) is 1. The second-order valence-electron chi connectivity index (χ2n) is 6.37. The Morgan fingerprint density at radius 1 is 1.41 bits per heavy atom. The zero-order valence-electron chi connectivity index (χ0n) is 10.8. The second-order valence-corrected chi connectivity index (χ2v) is 6.37. The van der Waals surface area contributed by atoms with Gasteiger partial charge in [0.1, 0.15) is 5.78 Å². The molecule has 3 heteroatoms. The van der Waals surface area contributed by atoms with E-state index in [0.717, 1.165) is 19.3 Å². The zero-order valence-corrected chi connectivity index (χ0v) is 10.8. The summed E-state index contributed by atoms with van der Waals surface area (Å²) in [6.07, 6.45) is 3.60. The van der Waals surface area contributed by atoms with Crippen LogP contribution in [0, 0.1) is 28.6 Å². The van der Waals surface area contributed by atoms with Crippen molar-refractivity contribution in [2.24, 2.45) is 28.6 Å². The number of fused-ring (bicyclic) bond motifs is 1. The maximum atomic E-state index is 12.3. The van der Waals surface area contributed by atoms with Crippen LogP contribution in [0.1, 0.15) is 39.5 Å². The van der Waals surface area contributed by atoms with Gasteiger partial charge in [-0.15, -0.1) is 0 Å². The first-order valence-corrected chi connectivity index (χ1v) is 6.59. The van der Waals surface area contributed by atoms with Gasteiger partial charge in [0.05, 0.1) is 12.5 Å². The molecule has 3 aliphatic carbocycles. The van der Waals surface area contributed by atoms with E-state index in [9.17, 15) is 9.59 Å². The fourth-order valence-corrected chi connectivity index (χ4v) is 5.17. The Kier molecular flexibility index (Phi) is 2.06. The van der Waals surface area contributed by atoms with Crippen molar-refractivity contribution in [1.82, 2.24) is 0 Å². The van der Waals surface area contributed by atoms with E-state index < -0.39 is 5.41 Å². The number of hydrogen-bond donors (Lipinski definition) is 0. The number of esters is 1. The average Bonchev–Trinajstić information content (AvgIpc) is 2.89. The van der Waals surface area contributed by atoms with Crippen LogP contribution in [0.15, 0.2) is 0 Å². The second kappa shape index (κ2) is 3.12. The summed E-state index contributed by atoms with van der Waals surface area (Å²) >= 11 is 0. The molecule has 0 aromatic rings. The molecular weight excluding hydrogens is 216 g/mol. The number of hydrogen-bond acceptors (Lipinski definition) is 3. The predicted octanol–water partition coefficient (Wildman–Crippen LogP) is 2.19. The van der Waals surface area contributed by atoms with Crippen LogP contribution >= 0.6 is 0 Å². The highest BCUT2D eigenvalue weighted by molar-refractivity contribution is 5.93. The van der Waals surface area contributed by atoms with Gasteiger partial charge in [-0.2, -0.15) is 0 Å². The van der Waals surface area contributed by atoms with Gasteiger partial charge in [-0.05, 0) is 43.9 Å². The van der Waals surface area contributed by atoms with Gasteiger partial charge in [0, 0.05) is 11.8 Å². The Hall–Kier alpha value is -0.860. The molecule has 5 atom stereocenters. The lowest BCUT2D eigenvalue weighted by molar-refractivity contribution is -0.161. The van der Waals surface area contributed by atoms with Crippen molar-refractivity contribution in [2.45, 2.75) is 39.5 Å². The average molecular weight is 236 g/mol. The standard InChI is InChI=1S/C14H20O3/c1-8-4-5-10-13(2,12(16)17-3)9-6-11(15)14(8,10)7-9/h8-10H,4-7H2,1-3H3/t8-,9-,10?,13-,14-/m1/s1. The summed E-state index contributed by atoms with van der Waals surface area (Å²) in [4.78, 5) is 24.4. The molecule has 3 aliphatic rings. The van der Waals surface area contributed by atoms with E-state index in [1.807, 2.05) is 6.92 Å². The van der Waals surface area contributed by atoms with Crippen molar-refractivity contribution in [1.29, 1.82) is 0 Å². The highest BCUT2D eigenvalue weighted by Gasteiger charge is 2.73. The van der Waals surface area contributed by atoms with Gasteiger partial charge >= 0.3 is 5.97 Å². The van der Waals surface area contributed by atoms with E-state index in [-0.39, 0.29) is 23.2 Å². The molecule has 0 aliphatic heterocycles. The highest BCUT2D eigenvalue weighted by Crippen LogP contribution is 2.72. The van der Waals surface area contributed by atoms with Gasteiger partial charge in [0.15, 0.2) is 0 Å². The monoisotopic (exact) mass is 236 g/mol. The van der Waals surface area contributed by atoms with Crippen LogP contribution in [-0.2, 0) is 14.3 Å². The molecule has 1 unspecified atom stereocenters. The molecule has 0 N–H and O–H groups in total. The normalized spacial score (nSPS) is 51.7. The minimum atomic E-state index is -0.409. The Balaban J connectivity index is 2.09. The molecule has 3 rings (SSSR count). The summed E-state index contributed by atoms with van der Waals surface area (Å²) in [5.41, 5.74) is -0.596. The van der Waals surface area contributed by atoms with Gasteiger partial charge in [-0.3, -0.25) is 9.59 Å². The van der Waals surface area contributed by atoms with E-state index >= 15 is 0 Å². The van der Waals surface area contributed by atoms with Crippen LogP contribution in [0.4, 0.5) is 0 Å². The number of rotatable bonds is 1. The lowest BCUT2D eigenvalue weighted by Crippen LogP contribution is -2.47. The summed E-state index contributed by atoms with van der Waals surface area (Å²) in [7, 11) is 1.46. The molecule has 3 saturated carbocycles. The lowest BCUT2D eigenvalue weighted by Gasteiger charge is -2.40. The third-order valence-electron chi connectivity index (χ3n) is 6.12. The Morgan fingerprint density at radius 2 is 2.12 bits per heavy atom. The minimum absolute atomic E-state index is 0.101. The molecule has 0 amide bonds. The van der Waals surface area contributed by atoms with Crippen LogP contribution in [-0.4, -0.2) is 18.9 Å². The summed E-state index contributed by atoms with van der Waals surface area (Å²) in [6.45, 7) is 4.21. The number of carbonyl (C=O) groups is 2. The first-order chi connectivity index (χ1) is 7.97. The summed E-state index contributed by atoms with van der Waals surface area (Å²) in [5, 5.41) is 0. The number of ketones is 1. The van der Waals surface area contributed by atoms with Crippen molar-refractivity contribution < 1.29 is 14.3 Å². The van der Waals surface area contributed by atoms with E-state index in [2.05, 4.69) is 6.92 Å². The van der Waals surface area contributed by atoms with Crippen molar-refractivity contribution in [3.8, 4) is 0 Å². The first kappa shape index (κ1) is 11.2. The SMILES string of the molecule is COC(=O)[C@@]1(C)C2CC[C@@H](C)[C@]23C[C@H]1CC3=O. The summed E-state index contributed by atoms with van der Waals surface area (Å²) < 4.78 is 5.01. The smallest absolute Gasteiger partial charge is 0.312 e. The molecule has 0 heterocycles. The molecule has 94 valence electrons. The Bertz CT molecular complexity index is 402. The summed E-state index contributed by atoms with van der Waals surface area (Å²) in [5.74, 6) is 1.20. The fourth-order valence-electron chi connectivity index (χ4n) is 5.17. The molecular formula is C14H20O3. The molecule has 0 aromatic heterocycles. The van der Waals surface area contributed by atoms with Crippen LogP contribution in [0.25, 0.3) is 0 Å². The van der Waals surface area contributed by atoms with Crippen molar-refractivity contribution in [3.05, 3.63) is 0 Å². The molecule has 0 saturated heterocycles. The maximum Gasteiger partial charge on any atom is 0.312 e. The predicted molar refractivity (Wildman–Crippen MR) is 62.2 cm³/mol. The van der Waals surface area contributed by atoms with Crippen LogP contribution < -0.4 is 0 Å². The fraction of sp³-hybridized carbons (Fsp3) is 0.857. The van der Waals surface area contributed by atoms with E-state index in [0.29, 0.717) is 18.1 Å². The van der Waals surface area contributed by atoms with Gasteiger partial charge < -0.3 is 4.74 Å². The van der Waals surface area contributed by atoms with Crippen LogP contribution in [0.3, 0.4) is 0 Å².